The molecule has 0 saturated carbocycles. The molecule has 0 saturated heterocycles. The summed E-state index contributed by atoms with van der Waals surface area (Å²) in [5.74, 6) is 0. The first-order valence-electron chi connectivity index (χ1n) is 8.49. The van der Waals surface area contributed by atoms with Gasteiger partial charge in [-0.1, -0.05) is 11.2 Å². The molecule has 5 rings (SSSR count). The number of aromatic amines is 1. The van der Waals surface area contributed by atoms with Crippen LogP contribution >= 0.6 is 0 Å². The lowest BCUT2D eigenvalue weighted by Crippen LogP contribution is -2.06. The minimum atomic E-state index is 0.251. The molecule has 0 bridgehead atoms. The Kier molecular flexibility index (Phi) is 3.25. The average molecular weight is 341 g/mol. The lowest BCUT2D eigenvalue weighted by Gasteiger charge is -2.16. The number of nitriles is 1. The van der Waals surface area contributed by atoms with Gasteiger partial charge in [0, 0.05) is 11.1 Å². The van der Waals surface area contributed by atoms with Gasteiger partial charge >= 0.3 is 0 Å². The second kappa shape index (κ2) is 5.74. The zero-order chi connectivity index (χ0) is 17.5. The fraction of sp³-hybridized carbons (Fsp3) is 0.150. The molecule has 0 amide bonds. The SMILES string of the molecule is N#Cc1ccc2c(c1)CC[C@H]2Nc1ccc2[nH]nc(-c3cnoc3)c2c1. The Morgan fingerprint density at radius 1 is 1.23 bits per heavy atom. The van der Waals surface area contributed by atoms with Crippen LogP contribution in [-0.2, 0) is 6.42 Å². The van der Waals surface area contributed by atoms with Crippen LogP contribution in [-0.4, -0.2) is 15.4 Å². The first kappa shape index (κ1) is 14.7. The Hall–Kier alpha value is -3.59. The highest BCUT2D eigenvalue weighted by molar-refractivity contribution is 5.94. The summed E-state index contributed by atoms with van der Waals surface area (Å²) in [5.41, 5.74) is 6.95. The van der Waals surface area contributed by atoms with E-state index >= 15 is 0 Å². The highest BCUT2D eigenvalue weighted by Crippen LogP contribution is 2.35. The summed E-state index contributed by atoms with van der Waals surface area (Å²) in [4.78, 5) is 0. The summed E-state index contributed by atoms with van der Waals surface area (Å²) >= 11 is 0. The van der Waals surface area contributed by atoms with Gasteiger partial charge in [0.2, 0.25) is 0 Å². The number of hydrogen-bond donors (Lipinski definition) is 2. The molecule has 2 aromatic carbocycles. The fourth-order valence-corrected chi connectivity index (χ4v) is 3.68. The van der Waals surface area contributed by atoms with E-state index in [0.717, 1.165) is 46.3 Å². The summed E-state index contributed by atoms with van der Waals surface area (Å²) in [6, 6.07) is 14.6. The molecule has 0 unspecified atom stereocenters. The van der Waals surface area contributed by atoms with Gasteiger partial charge in [-0.3, -0.25) is 5.10 Å². The monoisotopic (exact) mass is 341 g/mol. The van der Waals surface area contributed by atoms with Crippen molar-refractivity contribution in [3.05, 3.63) is 65.5 Å². The number of H-pyrrole nitrogens is 1. The van der Waals surface area contributed by atoms with E-state index in [9.17, 15) is 0 Å². The molecule has 2 aromatic heterocycles. The molecule has 0 radical (unpaired) electrons. The van der Waals surface area contributed by atoms with Gasteiger partial charge in [0.05, 0.1) is 35.0 Å². The van der Waals surface area contributed by atoms with Crippen LogP contribution in [0.15, 0.2) is 53.4 Å². The van der Waals surface area contributed by atoms with E-state index in [1.54, 1.807) is 12.5 Å². The molecule has 6 nitrogen and oxygen atoms in total. The van der Waals surface area contributed by atoms with E-state index in [4.69, 9.17) is 9.78 Å². The van der Waals surface area contributed by atoms with Gasteiger partial charge in [0.25, 0.3) is 0 Å². The van der Waals surface area contributed by atoms with Crippen LogP contribution in [0.3, 0.4) is 0 Å². The predicted octanol–water partition coefficient (Wildman–Crippen LogP) is 4.19. The molecule has 6 heteroatoms. The first-order chi connectivity index (χ1) is 12.8. The molecule has 0 spiro atoms. The lowest BCUT2D eigenvalue weighted by molar-refractivity contribution is 0.420. The van der Waals surface area contributed by atoms with E-state index < -0.39 is 0 Å². The third kappa shape index (κ3) is 2.33. The molecule has 2 heterocycles. The van der Waals surface area contributed by atoms with Crippen molar-refractivity contribution >= 4 is 16.6 Å². The molecule has 26 heavy (non-hydrogen) atoms. The Labute approximate surface area is 149 Å². The third-order valence-corrected chi connectivity index (χ3v) is 4.96. The topological polar surface area (TPSA) is 90.5 Å². The molecule has 1 aliphatic rings. The first-order valence-corrected chi connectivity index (χ1v) is 8.49. The Bertz CT molecular complexity index is 1140. The number of hydrogen-bond acceptors (Lipinski definition) is 5. The molecule has 0 aliphatic heterocycles. The van der Waals surface area contributed by atoms with Crippen molar-refractivity contribution in [1.82, 2.24) is 15.4 Å². The molecular weight excluding hydrogens is 326 g/mol. The Balaban J connectivity index is 1.48. The van der Waals surface area contributed by atoms with Gasteiger partial charge in [-0.25, -0.2) is 0 Å². The van der Waals surface area contributed by atoms with Crippen molar-refractivity contribution < 1.29 is 4.52 Å². The summed E-state index contributed by atoms with van der Waals surface area (Å²) in [7, 11) is 0. The summed E-state index contributed by atoms with van der Waals surface area (Å²) in [6.45, 7) is 0. The van der Waals surface area contributed by atoms with Gasteiger partial charge in [-0.2, -0.15) is 10.4 Å². The van der Waals surface area contributed by atoms with Crippen LogP contribution in [0.5, 0.6) is 0 Å². The molecule has 4 aromatic rings. The van der Waals surface area contributed by atoms with Crippen molar-refractivity contribution in [2.75, 3.05) is 5.32 Å². The number of nitrogens with zero attached hydrogens (tertiary/aromatic N) is 3. The van der Waals surface area contributed by atoms with Crippen molar-refractivity contribution in [3.63, 3.8) is 0 Å². The van der Waals surface area contributed by atoms with Crippen molar-refractivity contribution in [2.24, 2.45) is 0 Å². The third-order valence-electron chi connectivity index (χ3n) is 4.96. The predicted molar refractivity (Wildman–Crippen MR) is 97.4 cm³/mol. The Morgan fingerprint density at radius 3 is 3.04 bits per heavy atom. The highest BCUT2D eigenvalue weighted by atomic mass is 16.5. The lowest BCUT2D eigenvalue weighted by atomic mass is 10.0. The van der Waals surface area contributed by atoms with Crippen molar-refractivity contribution in [3.8, 4) is 17.3 Å². The zero-order valence-corrected chi connectivity index (χ0v) is 13.9. The van der Waals surface area contributed by atoms with E-state index in [-0.39, 0.29) is 6.04 Å². The second-order valence-corrected chi connectivity index (χ2v) is 6.51. The van der Waals surface area contributed by atoms with Crippen molar-refractivity contribution in [1.29, 1.82) is 5.26 Å². The molecule has 1 atom stereocenters. The van der Waals surface area contributed by atoms with E-state index in [1.807, 2.05) is 18.2 Å². The van der Waals surface area contributed by atoms with Gasteiger partial charge in [0.15, 0.2) is 0 Å². The van der Waals surface area contributed by atoms with Crippen LogP contribution in [0.25, 0.3) is 22.2 Å². The van der Waals surface area contributed by atoms with Crippen LogP contribution < -0.4 is 5.32 Å². The normalized spacial score (nSPS) is 15.7. The minimum absolute atomic E-state index is 0.251. The standard InChI is InChI=1S/C20H15N5O/c21-9-12-1-4-16-13(7-12)2-5-18(16)23-15-3-6-19-17(8-15)20(25-24-19)14-10-22-26-11-14/h1,3-4,6-8,10-11,18,23H,2,5H2,(H,24,25)/t18-/m1/s1. The van der Waals surface area contributed by atoms with E-state index in [0.29, 0.717) is 0 Å². The highest BCUT2D eigenvalue weighted by Gasteiger charge is 2.23. The average Bonchev–Trinajstić information content (AvgIpc) is 3.40. The molecule has 0 fully saturated rings. The number of rotatable bonds is 3. The largest absolute Gasteiger partial charge is 0.378 e. The van der Waals surface area contributed by atoms with Gasteiger partial charge in [0.1, 0.15) is 12.0 Å². The number of anilines is 1. The number of benzene rings is 2. The van der Waals surface area contributed by atoms with Gasteiger partial charge in [-0.15, -0.1) is 0 Å². The molecular formula is C20H15N5O. The maximum Gasteiger partial charge on any atom is 0.133 e. The maximum absolute atomic E-state index is 9.07. The smallest absolute Gasteiger partial charge is 0.133 e. The second-order valence-electron chi connectivity index (χ2n) is 6.51. The van der Waals surface area contributed by atoms with Gasteiger partial charge in [-0.05, 0) is 54.3 Å². The number of aryl methyl sites for hydroxylation is 1. The van der Waals surface area contributed by atoms with Crippen LogP contribution in [0, 0.1) is 11.3 Å². The minimum Gasteiger partial charge on any atom is -0.378 e. The fourth-order valence-electron chi connectivity index (χ4n) is 3.68. The summed E-state index contributed by atoms with van der Waals surface area (Å²) < 4.78 is 4.94. The number of aromatic nitrogens is 3. The molecule has 126 valence electrons. The van der Waals surface area contributed by atoms with Crippen LogP contribution in [0.1, 0.15) is 29.2 Å². The van der Waals surface area contributed by atoms with Gasteiger partial charge < -0.3 is 9.84 Å². The van der Waals surface area contributed by atoms with Crippen molar-refractivity contribution in [2.45, 2.75) is 18.9 Å². The maximum atomic E-state index is 9.07. The van der Waals surface area contributed by atoms with Crippen LogP contribution in [0.4, 0.5) is 5.69 Å². The quantitative estimate of drug-likeness (QED) is 0.583. The number of nitrogens with one attached hydrogen (secondary N) is 2. The summed E-state index contributed by atoms with van der Waals surface area (Å²) in [5, 5.41) is 24.9. The van der Waals surface area contributed by atoms with E-state index in [2.05, 4.69) is 44.9 Å². The summed E-state index contributed by atoms with van der Waals surface area (Å²) in [6.07, 6.45) is 5.26. The molecule has 2 N–H and O–H groups in total. The van der Waals surface area contributed by atoms with Crippen LogP contribution in [0.2, 0.25) is 0 Å². The molecule has 1 aliphatic carbocycles. The zero-order valence-electron chi connectivity index (χ0n) is 13.9. The number of fused-ring (bicyclic) bond motifs is 2. The van der Waals surface area contributed by atoms with E-state index in [1.165, 1.54) is 11.1 Å². The Morgan fingerprint density at radius 2 is 2.19 bits per heavy atom.